The smallest absolute Gasteiger partial charge is 0.325 e. The molecule has 0 spiro atoms. The van der Waals surface area contributed by atoms with Crippen LogP contribution in [0.3, 0.4) is 0 Å². The van der Waals surface area contributed by atoms with E-state index in [0.29, 0.717) is 187 Å². The first kappa shape index (κ1) is 128. The molecule has 1 amide bonds. The van der Waals surface area contributed by atoms with Crippen LogP contribution in [0.15, 0.2) is 36.5 Å². The summed E-state index contributed by atoms with van der Waals surface area (Å²) in [7, 11) is -22.2. The van der Waals surface area contributed by atoms with Crippen molar-refractivity contribution in [2.45, 2.75) is 261 Å². The van der Waals surface area contributed by atoms with E-state index in [0.717, 1.165) is 6.42 Å². The van der Waals surface area contributed by atoms with Gasteiger partial charge in [0.05, 0.1) is 139 Å². The number of allylic oxidation sites excluding steroid dienone is 2. The van der Waals surface area contributed by atoms with E-state index in [1.54, 1.807) is 20.8 Å². The normalized spacial score (nSPS) is 16.4. The Morgan fingerprint density at radius 3 is 1.01 bits per heavy atom. The second-order valence-corrected chi connectivity index (χ2v) is 81.8. The third-order valence-corrected chi connectivity index (χ3v) is 53.4. The van der Waals surface area contributed by atoms with Gasteiger partial charge < -0.3 is 119 Å². The molecule has 6 atom stereocenters. The van der Waals surface area contributed by atoms with Crippen molar-refractivity contribution in [1.82, 2.24) is 5.32 Å². The van der Waals surface area contributed by atoms with Gasteiger partial charge in [0.2, 0.25) is 5.91 Å². The largest absolute Gasteiger partial charge is 0.463 e. The lowest BCUT2D eigenvalue weighted by Gasteiger charge is -2.49. The predicted octanol–water partition coefficient (Wildman–Crippen LogP) is 12.9. The highest BCUT2D eigenvalue weighted by atomic mass is 28.5. The molecule has 31 nitrogen and oxygen atoms in total. The zero-order valence-corrected chi connectivity index (χ0v) is 94.8. The number of aliphatic hydroxyl groups is 1. The maximum Gasteiger partial charge on any atom is 0.325 e. The van der Waals surface area contributed by atoms with Gasteiger partial charge in [0.15, 0.2) is 62.9 Å². The Kier molecular flexibility index (Phi) is 72.3. The van der Waals surface area contributed by atoms with E-state index in [2.05, 4.69) is 189 Å². The van der Waals surface area contributed by atoms with E-state index in [4.69, 9.17) is 99.2 Å². The molecule has 0 bridgehead atoms. The van der Waals surface area contributed by atoms with E-state index in [1.165, 1.54) is 0 Å². The van der Waals surface area contributed by atoms with Gasteiger partial charge in [-0.25, -0.2) is 0 Å². The molecule has 1 aliphatic rings. The van der Waals surface area contributed by atoms with Gasteiger partial charge in [-0.15, -0.1) is 0 Å². The van der Waals surface area contributed by atoms with Crippen LogP contribution in [0.2, 0.25) is 181 Å². The minimum atomic E-state index is -2.68. The molecule has 6 unspecified atom stereocenters. The van der Waals surface area contributed by atoms with Crippen LogP contribution in [0.4, 0.5) is 0 Å². The standard InChI is InChI=1S/C33H69NO15Si4.C20H40O8Si2.C17H36O5Si2.2C5H16OSi2/c1-30(2)33(36)34-29-32(35)45-28-27-44-26-25-43-24-23-42-22-21-41-20-19-40-18-17-39-16-15-38-14-13-37-12-11-31(3)53(10)48-51(6,7)46-50(4,5)47-52(8,9)49-53;1-16(2)19(22)8-9-20(23)27-14-18(21)13-26-11-10-25-12-17(3)15-30(7,24)28-29(4,5)6;1-15(2)17(18)9-8-10-20-11-12-21-13-16(3)14-24(7,19)22-23(4,5)6;2*1-7(2)6-8(3,4)5/h31H,1,11-29H2,2-10H3,(H,34,36);17-18,21,24H,1,8-15H2,2-7H3;16,19H,1,8-14H2,2-7H3;2*7H,1-5H3. The van der Waals surface area contributed by atoms with Gasteiger partial charge >= 0.3 is 63.3 Å². The molecular weight excluding hydrogens is 1790 g/mol. The van der Waals surface area contributed by atoms with Gasteiger partial charge in [-0.05, 0) is 232 Å². The number of esters is 2. The summed E-state index contributed by atoms with van der Waals surface area (Å²) in [6.45, 7) is 85.2. The number of carbonyl (C=O) groups is 5. The summed E-state index contributed by atoms with van der Waals surface area (Å²) in [5.41, 5.74) is 1.55. The number of nitrogens with one attached hydrogen (secondary N) is 1. The number of ether oxygens (including phenoxy) is 14. The van der Waals surface area contributed by atoms with Crippen molar-refractivity contribution in [3.05, 3.63) is 36.5 Å². The van der Waals surface area contributed by atoms with Crippen LogP contribution < -0.4 is 5.32 Å². The predicted molar refractivity (Wildman–Crippen MR) is 517 cm³/mol. The van der Waals surface area contributed by atoms with Gasteiger partial charge in [-0.3, -0.25) is 24.0 Å². The molecule has 0 saturated carbocycles. The molecule has 0 aromatic rings. The summed E-state index contributed by atoms with van der Waals surface area (Å²) in [5.74, 6) is -1.12. The summed E-state index contributed by atoms with van der Waals surface area (Å²) in [6, 6.07) is 1.29. The highest BCUT2D eigenvalue weighted by Crippen LogP contribution is 2.38. The molecule has 43 heteroatoms. The number of hydrogen-bond donors (Lipinski definition) is 4. The zero-order valence-electron chi connectivity index (χ0n) is 82.5. The van der Waals surface area contributed by atoms with E-state index < -0.39 is 121 Å². The van der Waals surface area contributed by atoms with Crippen LogP contribution in [-0.2, 0) is 123 Å². The van der Waals surface area contributed by atoms with Crippen molar-refractivity contribution in [2.24, 2.45) is 11.8 Å². The van der Waals surface area contributed by atoms with Crippen LogP contribution >= 0.6 is 0 Å². The van der Waals surface area contributed by atoms with Crippen molar-refractivity contribution in [3.63, 3.8) is 0 Å². The van der Waals surface area contributed by atoms with Crippen LogP contribution in [0.5, 0.6) is 0 Å². The van der Waals surface area contributed by atoms with Crippen LogP contribution in [0.25, 0.3) is 0 Å². The van der Waals surface area contributed by atoms with Crippen LogP contribution in [0, 0.1) is 11.8 Å². The highest BCUT2D eigenvalue weighted by molar-refractivity contribution is 6.93. The van der Waals surface area contributed by atoms with Gasteiger partial charge in [-0.2, -0.15) is 0 Å². The number of hydrogen-bond acceptors (Lipinski definition) is 30. The minimum absolute atomic E-state index is 0.0164. The summed E-state index contributed by atoms with van der Waals surface area (Å²) >= 11 is 0. The molecule has 0 radical (unpaired) electrons. The van der Waals surface area contributed by atoms with Gasteiger partial charge in [-0.1, -0.05) is 40.5 Å². The lowest BCUT2D eigenvalue weighted by Crippen LogP contribution is -2.66. The van der Waals surface area contributed by atoms with Crippen LogP contribution in [-0.4, -0.2) is 331 Å². The molecule has 1 saturated heterocycles. The van der Waals surface area contributed by atoms with Gasteiger partial charge in [0.1, 0.15) is 25.9 Å². The second kappa shape index (κ2) is 69.5. The third-order valence-electron chi connectivity index (χ3n) is 15.5. The maximum absolute atomic E-state index is 11.5. The first-order chi connectivity index (χ1) is 56.4. The Bertz CT molecular complexity index is 2770. The molecule has 0 aromatic heterocycles. The number of ketones is 2. The summed E-state index contributed by atoms with van der Waals surface area (Å²) in [6.07, 6.45) is 1.11. The molecule has 0 aliphatic carbocycles. The Balaban J connectivity index is -0.000000847. The fourth-order valence-electron chi connectivity index (χ4n) is 11.8. The molecule has 4 N–H and O–H groups in total. The minimum Gasteiger partial charge on any atom is -0.463 e. The average molecular weight is 1970 g/mol. The fourth-order valence-corrected chi connectivity index (χ4v) is 58.9. The van der Waals surface area contributed by atoms with Crippen molar-refractivity contribution in [3.8, 4) is 0 Å². The number of Topliss-reactive ketones (excluding diaryl/α,β-unsaturated/α-hetero) is 2. The van der Waals surface area contributed by atoms with E-state index in [9.17, 15) is 38.7 Å². The fraction of sp³-hybridized carbons (Fsp3) is 0.863. The van der Waals surface area contributed by atoms with Gasteiger partial charge in [0.25, 0.3) is 0 Å². The van der Waals surface area contributed by atoms with Crippen LogP contribution in [0.1, 0.15) is 73.6 Å². The Morgan fingerprint density at radius 1 is 0.382 bits per heavy atom. The van der Waals surface area contributed by atoms with E-state index in [-0.39, 0.29) is 80.7 Å². The van der Waals surface area contributed by atoms with E-state index >= 15 is 0 Å². The summed E-state index contributed by atoms with van der Waals surface area (Å²) < 4.78 is 126. The Hall–Kier alpha value is -1.35. The number of rotatable bonds is 66. The number of amides is 1. The zero-order chi connectivity index (χ0) is 95.4. The lowest BCUT2D eigenvalue weighted by atomic mass is 10.1. The molecule has 730 valence electrons. The molecule has 1 heterocycles. The molecule has 1 aliphatic heterocycles. The summed E-state index contributed by atoms with van der Waals surface area (Å²) in [5, 5.41) is 12.2. The monoisotopic (exact) mass is 1970 g/mol. The average Bonchev–Trinajstić information content (AvgIpc) is 0.773. The first-order valence-corrected chi connectivity index (χ1v) is 78.9. The number of carbonyl (C=O) groups excluding carboxylic acids is 5. The molecule has 1 rings (SSSR count). The molecule has 0 aromatic carbocycles. The highest BCUT2D eigenvalue weighted by Gasteiger charge is 2.54. The summed E-state index contributed by atoms with van der Waals surface area (Å²) in [4.78, 5) is 78.0. The Morgan fingerprint density at radius 2 is 0.691 bits per heavy atom. The SMILES string of the molecule is C=C(C)C(=O)CCC(=O)OCC(O)COCCOCC(C)C[Si](C)(O)O[Si](C)(C)C.C=C(C)C(=O)CCCOCCOCC(C)C[Si](C)(O)O[Si](C)(C)C.C=C(C)C(=O)NCC(=O)OCCOCCOCCOCCOCCOCCOCCOCCOCCC(C)[Si]1(C)O[Si](C)(C)O[Si](C)(C)O[Si](C)(C)O1.C[SiH](C)O[Si](C)(C)C.C[SiH](C)O[Si](C)(C)C. The third kappa shape index (κ3) is 89.6. The quantitative estimate of drug-likeness (QED) is 0.0190. The van der Waals surface area contributed by atoms with E-state index in [1.807, 2.05) is 20.0 Å². The molecule has 1 fully saturated rings. The second-order valence-electron chi connectivity index (χ2n) is 37.0. The topological polar surface area (TPSA) is 361 Å². The first-order valence-electron chi connectivity index (χ1n) is 43.7. The lowest BCUT2D eigenvalue weighted by molar-refractivity contribution is -0.148. The van der Waals surface area contributed by atoms with Crippen molar-refractivity contribution in [2.75, 3.05) is 178 Å². The van der Waals surface area contributed by atoms with Crippen molar-refractivity contribution >= 4 is 132 Å². The molecular formula is C80H177NO30Si12. The van der Waals surface area contributed by atoms with Gasteiger partial charge in [0, 0.05) is 50.4 Å². The maximum atomic E-state index is 11.5. The van der Waals surface area contributed by atoms with Crippen molar-refractivity contribution < 1.29 is 138 Å². The Labute approximate surface area is 758 Å². The van der Waals surface area contributed by atoms with Crippen molar-refractivity contribution in [1.29, 1.82) is 0 Å². The molecule has 123 heavy (non-hydrogen) atoms. The number of aliphatic hydroxyl groups excluding tert-OH is 1.